The van der Waals surface area contributed by atoms with E-state index >= 15 is 0 Å². The first kappa shape index (κ1) is 15.2. The summed E-state index contributed by atoms with van der Waals surface area (Å²) in [7, 11) is 0. The molecule has 1 aliphatic heterocycles. The van der Waals surface area contributed by atoms with Gasteiger partial charge in [0, 0.05) is 6.07 Å². The molecule has 0 N–H and O–H groups in total. The molecule has 2 heterocycles. The summed E-state index contributed by atoms with van der Waals surface area (Å²) in [6.07, 6.45) is 0. The Morgan fingerprint density at radius 2 is 2.00 bits per heavy atom. The Morgan fingerprint density at radius 3 is 2.84 bits per heavy atom. The summed E-state index contributed by atoms with van der Waals surface area (Å²) in [5, 5.41) is 4.25. The number of halogens is 1. The quantitative estimate of drug-likeness (QED) is 0.685. The number of hydrogen-bond acceptors (Lipinski definition) is 5. The smallest absolute Gasteiger partial charge is 0.344 e. The van der Waals surface area contributed by atoms with Crippen LogP contribution >= 0.6 is 0 Å². The molecule has 0 atom stereocenters. The predicted octanol–water partition coefficient (Wildman–Crippen LogP) is 3.27. The monoisotopic (exact) mass is 340 g/mol. The molecule has 126 valence electrons. The average molecular weight is 340 g/mol. The minimum atomic E-state index is -0.573. The molecule has 0 aliphatic carbocycles. The first-order valence-corrected chi connectivity index (χ1v) is 7.54. The minimum absolute atomic E-state index is 0.124. The van der Waals surface area contributed by atoms with Crippen molar-refractivity contribution in [1.82, 2.24) is 9.78 Å². The molecule has 3 aromatic rings. The van der Waals surface area contributed by atoms with Gasteiger partial charge >= 0.3 is 5.97 Å². The number of hydrogen-bond donors (Lipinski definition) is 0. The number of esters is 1. The lowest BCUT2D eigenvalue weighted by Crippen LogP contribution is -2.11. The molecule has 4 rings (SSSR count). The number of nitrogens with zero attached hydrogens (tertiary/aromatic N) is 2. The molecule has 0 saturated heterocycles. The van der Waals surface area contributed by atoms with Crippen LogP contribution in [0, 0.1) is 12.7 Å². The summed E-state index contributed by atoms with van der Waals surface area (Å²) in [5.74, 6) is 0.293. The van der Waals surface area contributed by atoms with Crippen LogP contribution in [0.15, 0.2) is 48.5 Å². The lowest BCUT2D eigenvalue weighted by Gasteiger charge is -2.08. The second-order valence-electron chi connectivity index (χ2n) is 5.47. The van der Waals surface area contributed by atoms with Crippen molar-refractivity contribution in [2.24, 2.45) is 0 Å². The van der Waals surface area contributed by atoms with E-state index in [1.165, 1.54) is 16.8 Å². The summed E-state index contributed by atoms with van der Waals surface area (Å²) in [6.45, 7) is 1.88. The van der Waals surface area contributed by atoms with E-state index in [1.54, 1.807) is 43.3 Å². The van der Waals surface area contributed by atoms with Gasteiger partial charge in [-0.15, -0.1) is 0 Å². The predicted molar refractivity (Wildman–Crippen MR) is 85.8 cm³/mol. The Balaban J connectivity index is 1.64. The molecule has 1 aromatic heterocycles. The molecule has 25 heavy (non-hydrogen) atoms. The second kappa shape index (κ2) is 5.94. The number of benzene rings is 2. The minimum Gasteiger partial charge on any atom is -0.454 e. The van der Waals surface area contributed by atoms with Crippen molar-refractivity contribution >= 4 is 5.97 Å². The van der Waals surface area contributed by atoms with Crippen LogP contribution in [0.4, 0.5) is 4.39 Å². The highest BCUT2D eigenvalue weighted by Gasteiger charge is 2.19. The van der Waals surface area contributed by atoms with Gasteiger partial charge in [-0.1, -0.05) is 6.07 Å². The topological polar surface area (TPSA) is 62.6 Å². The number of ether oxygens (including phenoxy) is 3. The van der Waals surface area contributed by atoms with Crippen molar-refractivity contribution < 1.29 is 23.4 Å². The zero-order valence-corrected chi connectivity index (χ0v) is 13.2. The molecule has 1 aliphatic rings. The first-order valence-electron chi connectivity index (χ1n) is 7.54. The zero-order chi connectivity index (χ0) is 17.4. The summed E-state index contributed by atoms with van der Waals surface area (Å²) < 4.78 is 30.8. The van der Waals surface area contributed by atoms with Gasteiger partial charge in [-0.2, -0.15) is 5.10 Å². The summed E-state index contributed by atoms with van der Waals surface area (Å²) in [6, 6.07) is 12.3. The number of aryl methyl sites for hydroxylation is 1. The fraction of sp³-hybridized carbons (Fsp3) is 0.111. The fourth-order valence-corrected chi connectivity index (χ4v) is 2.52. The molecule has 0 bridgehead atoms. The third-order valence-electron chi connectivity index (χ3n) is 3.66. The van der Waals surface area contributed by atoms with E-state index in [-0.39, 0.29) is 12.7 Å². The Morgan fingerprint density at radius 1 is 1.16 bits per heavy atom. The fourth-order valence-electron chi connectivity index (χ4n) is 2.52. The van der Waals surface area contributed by atoms with Crippen molar-refractivity contribution in [2.45, 2.75) is 6.92 Å². The number of fused-ring (bicyclic) bond motifs is 1. The third-order valence-corrected chi connectivity index (χ3v) is 3.66. The number of carbonyl (C=O) groups excluding carboxylic acids is 1. The van der Waals surface area contributed by atoms with Crippen LogP contribution < -0.4 is 14.2 Å². The lowest BCUT2D eigenvalue weighted by atomic mass is 10.2. The Bertz CT molecular complexity index is 967. The first-order chi connectivity index (χ1) is 12.1. The molecule has 0 radical (unpaired) electrons. The standard InChI is InChI=1S/C18H13FN2O4/c1-11-7-17(21(20-11)14-4-2-3-13(19)9-14)25-18(22)12-5-6-15-16(8-12)24-10-23-15/h2-9H,10H2,1H3. The highest BCUT2D eigenvalue weighted by atomic mass is 19.1. The van der Waals surface area contributed by atoms with Crippen LogP contribution in [0.2, 0.25) is 0 Å². The van der Waals surface area contributed by atoms with Crippen molar-refractivity contribution in [2.75, 3.05) is 6.79 Å². The number of rotatable bonds is 3. The van der Waals surface area contributed by atoms with Crippen molar-refractivity contribution in [1.29, 1.82) is 0 Å². The average Bonchev–Trinajstić information content (AvgIpc) is 3.20. The normalized spacial score (nSPS) is 12.2. The molecule has 2 aromatic carbocycles. The maximum Gasteiger partial charge on any atom is 0.344 e. The molecule has 0 spiro atoms. The number of aromatic nitrogens is 2. The molecule has 0 fully saturated rings. The van der Waals surface area contributed by atoms with Gasteiger partial charge in [0.05, 0.1) is 16.9 Å². The molecular weight excluding hydrogens is 327 g/mol. The van der Waals surface area contributed by atoms with E-state index in [4.69, 9.17) is 14.2 Å². The molecule has 0 saturated carbocycles. The lowest BCUT2D eigenvalue weighted by molar-refractivity contribution is 0.0722. The zero-order valence-electron chi connectivity index (χ0n) is 13.2. The van der Waals surface area contributed by atoms with Crippen LogP contribution in [0.5, 0.6) is 17.4 Å². The summed E-state index contributed by atoms with van der Waals surface area (Å²) in [4.78, 5) is 12.4. The van der Waals surface area contributed by atoms with Gasteiger partial charge in [-0.3, -0.25) is 0 Å². The van der Waals surface area contributed by atoms with E-state index in [9.17, 15) is 9.18 Å². The van der Waals surface area contributed by atoms with E-state index in [0.29, 0.717) is 28.4 Å². The maximum absolute atomic E-state index is 13.5. The maximum atomic E-state index is 13.5. The molecule has 0 unspecified atom stereocenters. The van der Waals surface area contributed by atoms with E-state index in [1.807, 2.05) is 0 Å². The van der Waals surface area contributed by atoms with Gasteiger partial charge in [-0.25, -0.2) is 13.9 Å². The van der Waals surface area contributed by atoms with Crippen molar-refractivity contribution in [3.05, 3.63) is 65.6 Å². The Labute approximate surface area is 142 Å². The van der Waals surface area contributed by atoms with E-state index in [0.717, 1.165) is 0 Å². The van der Waals surface area contributed by atoms with Crippen LogP contribution in [0.1, 0.15) is 16.1 Å². The summed E-state index contributed by atoms with van der Waals surface area (Å²) in [5.41, 5.74) is 1.41. The molecule has 0 amide bonds. The van der Waals surface area contributed by atoms with Gasteiger partial charge in [0.25, 0.3) is 0 Å². The van der Waals surface area contributed by atoms with Gasteiger partial charge in [0.15, 0.2) is 11.5 Å². The highest BCUT2D eigenvalue weighted by Crippen LogP contribution is 2.33. The van der Waals surface area contributed by atoms with Crippen LogP contribution in [0.3, 0.4) is 0 Å². The van der Waals surface area contributed by atoms with Gasteiger partial charge in [-0.05, 0) is 43.3 Å². The number of carbonyl (C=O) groups is 1. The van der Waals surface area contributed by atoms with Crippen molar-refractivity contribution in [3.8, 4) is 23.1 Å². The Kier molecular flexibility index (Phi) is 3.61. The van der Waals surface area contributed by atoms with Crippen LogP contribution in [0.25, 0.3) is 5.69 Å². The van der Waals surface area contributed by atoms with Crippen molar-refractivity contribution in [3.63, 3.8) is 0 Å². The van der Waals surface area contributed by atoms with Crippen LogP contribution in [-0.4, -0.2) is 22.5 Å². The Hall–Kier alpha value is -3.35. The van der Waals surface area contributed by atoms with Gasteiger partial charge < -0.3 is 14.2 Å². The third kappa shape index (κ3) is 2.91. The van der Waals surface area contributed by atoms with E-state index < -0.39 is 11.8 Å². The van der Waals surface area contributed by atoms with Crippen LogP contribution in [-0.2, 0) is 0 Å². The molecule has 7 heteroatoms. The molecule has 6 nitrogen and oxygen atoms in total. The summed E-state index contributed by atoms with van der Waals surface area (Å²) >= 11 is 0. The van der Waals surface area contributed by atoms with E-state index in [2.05, 4.69) is 5.10 Å². The highest BCUT2D eigenvalue weighted by molar-refractivity contribution is 5.91. The SMILES string of the molecule is Cc1cc(OC(=O)c2ccc3c(c2)OCO3)n(-c2cccc(F)c2)n1. The van der Waals surface area contributed by atoms with Gasteiger partial charge in [0.1, 0.15) is 5.82 Å². The second-order valence-corrected chi connectivity index (χ2v) is 5.47. The largest absolute Gasteiger partial charge is 0.454 e. The molecular formula is C18H13FN2O4. The van der Waals surface area contributed by atoms with Gasteiger partial charge in [0.2, 0.25) is 12.7 Å².